The maximum atomic E-state index is 10.9. The van der Waals surface area contributed by atoms with Gasteiger partial charge in [0.15, 0.2) is 0 Å². The summed E-state index contributed by atoms with van der Waals surface area (Å²) < 4.78 is 5.76. The van der Waals surface area contributed by atoms with Gasteiger partial charge in [-0.2, -0.15) is 0 Å². The smallest absolute Gasteiger partial charge is 0.132 e. The van der Waals surface area contributed by atoms with Crippen LogP contribution >= 0.6 is 15.9 Å². The fourth-order valence-corrected chi connectivity index (χ4v) is 2.12. The maximum absolute atomic E-state index is 10.9. The molecule has 3 unspecified atom stereocenters. The Labute approximate surface area is 88.2 Å². The van der Waals surface area contributed by atoms with Crippen LogP contribution in [-0.2, 0) is 9.53 Å². The summed E-state index contributed by atoms with van der Waals surface area (Å²) in [5, 5.41) is 0. The van der Waals surface area contributed by atoms with E-state index in [1.54, 1.807) is 6.92 Å². The maximum Gasteiger partial charge on any atom is 0.132 e. The molecule has 1 fully saturated rings. The van der Waals surface area contributed by atoms with E-state index < -0.39 is 0 Å². The number of hydrogen-bond donors (Lipinski definition) is 0. The predicted molar refractivity (Wildman–Crippen MR) is 56.2 cm³/mol. The molecular weight excluding hydrogens is 232 g/mol. The van der Waals surface area contributed by atoms with Crippen molar-refractivity contribution in [2.45, 2.75) is 56.6 Å². The molecule has 0 radical (unpaired) electrons. The Morgan fingerprint density at radius 3 is 2.85 bits per heavy atom. The molecular formula is C10H17BrO2. The van der Waals surface area contributed by atoms with Crippen LogP contribution < -0.4 is 0 Å². The van der Waals surface area contributed by atoms with E-state index in [1.165, 1.54) is 0 Å². The quantitative estimate of drug-likeness (QED) is 0.716. The highest BCUT2D eigenvalue weighted by atomic mass is 79.9. The SMILES string of the molecule is CCC(Br)C1CCC(CC(C)=O)O1. The Hall–Kier alpha value is 0.110. The fourth-order valence-electron chi connectivity index (χ4n) is 1.73. The van der Waals surface area contributed by atoms with Crippen LogP contribution in [0.4, 0.5) is 0 Å². The number of ketones is 1. The summed E-state index contributed by atoms with van der Waals surface area (Å²) in [6, 6.07) is 0. The van der Waals surface area contributed by atoms with Crippen molar-refractivity contribution in [1.82, 2.24) is 0 Å². The summed E-state index contributed by atoms with van der Waals surface area (Å²) in [6.45, 7) is 3.77. The summed E-state index contributed by atoms with van der Waals surface area (Å²) in [6.07, 6.45) is 4.27. The van der Waals surface area contributed by atoms with E-state index in [1.807, 2.05) is 0 Å². The lowest BCUT2D eigenvalue weighted by molar-refractivity contribution is -0.119. The summed E-state index contributed by atoms with van der Waals surface area (Å²) >= 11 is 3.59. The molecule has 2 nitrogen and oxygen atoms in total. The lowest BCUT2D eigenvalue weighted by atomic mass is 10.1. The van der Waals surface area contributed by atoms with Gasteiger partial charge in [-0.15, -0.1) is 0 Å². The molecule has 0 amide bonds. The van der Waals surface area contributed by atoms with Gasteiger partial charge in [-0.1, -0.05) is 22.9 Å². The second kappa shape index (κ2) is 5.11. The lowest BCUT2D eigenvalue weighted by Crippen LogP contribution is -2.21. The third-order valence-corrected chi connectivity index (χ3v) is 3.69. The van der Waals surface area contributed by atoms with Crippen LogP contribution in [0.1, 0.15) is 39.5 Å². The van der Waals surface area contributed by atoms with E-state index in [9.17, 15) is 4.79 Å². The van der Waals surface area contributed by atoms with Crippen molar-refractivity contribution in [1.29, 1.82) is 0 Å². The van der Waals surface area contributed by atoms with Crippen molar-refractivity contribution in [3.05, 3.63) is 0 Å². The highest BCUT2D eigenvalue weighted by Gasteiger charge is 2.29. The Bertz CT molecular complexity index is 182. The normalized spacial score (nSPS) is 30.4. The minimum atomic E-state index is 0.175. The van der Waals surface area contributed by atoms with Gasteiger partial charge < -0.3 is 4.74 Å². The van der Waals surface area contributed by atoms with Gasteiger partial charge in [-0.25, -0.2) is 0 Å². The average Bonchev–Trinajstić information content (AvgIpc) is 2.50. The molecule has 0 bridgehead atoms. The first-order chi connectivity index (χ1) is 6.13. The molecule has 0 N–H and O–H groups in total. The summed E-state index contributed by atoms with van der Waals surface area (Å²) in [5.41, 5.74) is 0. The molecule has 0 spiro atoms. The molecule has 1 aliphatic heterocycles. The van der Waals surface area contributed by atoms with Gasteiger partial charge in [0.25, 0.3) is 0 Å². The van der Waals surface area contributed by atoms with Crippen LogP contribution in [0.25, 0.3) is 0 Å². The number of carbonyl (C=O) groups is 1. The van der Waals surface area contributed by atoms with Crippen LogP contribution in [0.15, 0.2) is 0 Å². The molecule has 1 saturated heterocycles. The number of carbonyl (C=O) groups excluding carboxylic acids is 1. The third-order valence-electron chi connectivity index (χ3n) is 2.45. The van der Waals surface area contributed by atoms with Gasteiger partial charge in [0.05, 0.1) is 12.2 Å². The van der Waals surface area contributed by atoms with Gasteiger partial charge in [0.2, 0.25) is 0 Å². The summed E-state index contributed by atoms with van der Waals surface area (Å²) in [5.74, 6) is 0.230. The van der Waals surface area contributed by atoms with Crippen LogP contribution in [0.5, 0.6) is 0 Å². The summed E-state index contributed by atoms with van der Waals surface area (Å²) in [7, 11) is 0. The topological polar surface area (TPSA) is 26.3 Å². The number of rotatable bonds is 4. The first-order valence-electron chi connectivity index (χ1n) is 4.92. The second-order valence-electron chi connectivity index (χ2n) is 3.70. The molecule has 3 heteroatoms. The van der Waals surface area contributed by atoms with E-state index in [0.29, 0.717) is 17.4 Å². The van der Waals surface area contributed by atoms with Crippen LogP contribution in [-0.4, -0.2) is 22.8 Å². The first-order valence-corrected chi connectivity index (χ1v) is 5.84. The zero-order valence-electron chi connectivity index (χ0n) is 8.25. The molecule has 1 heterocycles. The number of Topliss-reactive ketones (excluding diaryl/α,β-unsaturated/α-hetero) is 1. The van der Waals surface area contributed by atoms with Gasteiger partial charge >= 0.3 is 0 Å². The van der Waals surface area contributed by atoms with Gasteiger partial charge in [0, 0.05) is 11.2 Å². The van der Waals surface area contributed by atoms with Gasteiger partial charge in [-0.3, -0.25) is 4.79 Å². The minimum Gasteiger partial charge on any atom is -0.373 e. The van der Waals surface area contributed by atoms with E-state index in [4.69, 9.17) is 4.74 Å². The minimum absolute atomic E-state index is 0.175. The zero-order valence-corrected chi connectivity index (χ0v) is 9.84. The summed E-state index contributed by atoms with van der Waals surface area (Å²) in [4.78, 5) is 11.3. The molecule has 1 aliphatic rings. The standard InChI is InChI=1S/C10H17BrO2/c1-3-9(11)10-5-4-8(13-10)6-7(2)12/h8-10H,3-6H2,1-2H3. The van der Waals surface area contributed by atoms with Crippen LogP contribution in [0.3, 0.4) is 0 Å². The highest BCUT2D eigenvalue weighted by molar-refractivity contribution is 9.09. The van der Waals surface area contributed by atoms with Crippen molar-refractivity contribution in [2.24, 2.45) is 0 Å². The molecule has 0 saturated carbocycles. The molecule has 13 heavy (non-hydrogen) atoms. The van der Waals surface area contributed by atoms with Crippen molar-refractivity contribution in [3.63, 3.8) is 0 Å². The number of alkyl halides is 1. The number of hydrogen-bond acceptors (Lipinski definition) is 2. The number of halogens is 1. The van der Waals surface area contributed by atoms with E-state index in [-0.39, 0.29) is 11.9 Å². The Morgan fingerprint density at radius 2 is 2.31 bits per heavy atom. The van der Waals surface area contributed by atoms with Crippen LogP contribution in [0, 0.1) is 0 Å². The molecule has 0 aliphatic carbocycles. The van der Waals surface area contributed by atoms with Crippen molar-refractivity contribution >= 4 is 21.7 Å². The average molecular weight is 249 g/mol. The second-order valence-corrected chi connectivity index (χ2v) is 4.88. The Balaban J connectivity index is 2.31. The van der Waals surface area contributed by atoms with E-state index in [0.717, 1.165) is 19.3 Å². The molecule has 0 aromatic carbocycles. The lowest BCUT2D eigenvalue weighted by Gasteiger charge is -2.16. The molecule has 0 aromatic heterocycles. The van der Waals surface area contributed by atoms with Crippen molar-refractivity contribution < 1.29 is 9.53 Å². The monoisotopic (exact) mass is 248 g/mol. The molecule has 3 atom stereocenters. The van der Waals surface area contributed by atoms with Gasteiger partial charge in [-0.05, 0) is 26.2 Å². The first kappa shape index (κ1) is 11.2. The predicted octanol–water partition coefficient (Wildman–Crippen LogP) is 2.69. The molecule has 76 valence electrons. The van der Waals surface area contributed by atoms with Crippen LogP contribution in [0.2, 0.25) is 0 Å². The van der Waals surface area contributed by atoms with Crippen molar-refractivity contribution in [2.75, 3.05) is 0 Å². The van der Waals surface area contributed by atoms with Gasteiger partial charge in [0.1, 0.15) is 5.78 Å². The third kappa shape index (κ3) is 3.39. The van der Waals surface area contributed by atoms with E-state index >= 15 is 0 Å². The number of ether oxygens (including phenoxy) is 1. The largest absolute Gasteiger partial charge is 0.373 e. The van der Waals surface area contributed by atoms with Crippen molar-refractivity contribution in [3.8, 4) is 0 Å². The molecule has 0 aromatic rings. The molecule has 1 rings (SSSR count). The highest BCUT2D eigenvalue weighted by Crippen LogP contribution is 2.28. The Morgan fingerprint density at radius 1 is 1.62 bits per heavy atom. The van der Waals surface area contributed by atoms with E-state index in [2.05, 4.69) is 22.9 Å². The Kier molecular flexibility index (Phi) is 4.39. The fraction of sp³-hybridized carbons (Fsp3) is 0.900. The zero-order chi connectivity index (χ0) is 9.84.